The first-order valence-electron chi connectivity index (χ1n) is 11.6. The summed E-state index contributed by atoms with van der Waals surface area (Å²) in [5, 5.41) is 9.54. The highest BCUT2D eigenvalue weighted by Gasteiger charge is 2.18. The maximum Gasteiger partial charge on any atom is 0.297 e. The van der Waals surface area contributed by atoms with E-state index in [-0.39, 0.29) is 10.8 Å². The fraction of sp³-hybridized carbons (Fsp3) is 0.320. The van der Waals surface area contributed by atoms with Crippen LogP contribution in [-0.4, -0.2) is 37.0 Å². The third-order valence-electron chi connectivity index (χ3n) is 5.08. The molecule has 1 heterocycles. The minimum atomic E-state index is -3.91. The van der Waals surface area contributed by atoms with E-state index in [0.29, 0.717) is 23.1 Å². The Morgan fingerprint density at radius 3 is 2.23 bits per heavy atom. The first-order valence-corrected chi connectivity index (χ1v) is 13.0. The molecule has 0 unspecified atom stereocenters. The average molecular weight is 497 g/mol. The van der Waals surface area contributed by atoms with Crippen LogP contribution in [0.2, 0.25) is 0 Å². The van der Waals surface area contributed by atoms with Crippen molar-refractivity contribution in [1.82, 2.24) is 15.0 Å². The molecule has 0 fully saturated rings. The molecule has 0 saturated carbocycles. The Morgan fingerprint density at radius 1 is 0.886 bits per heavy atom. The lowest BCUT2D eigenvalue weighted by Gasteiger charge is -2.13. The molecule has 0 bridgehead atoms. The van der Waals surface area contributed by atoms with Gasteiger partial charge in [0, 0.05) is 17.9 Å². The van der Waals surface area contributed by atoms with Crippen LogP contribution >= 0.6 is 0 Å². The molecule has 0 aliphatic heterocycles. The Bertz CT molecular complexity index is 1230. The molecule has 0 aliphatic rings. The highest BCUT2D eigenvalue weighted by molar-refractivity contribution is 7.86. The molecule has 0 amide bonds. The minimum absolute atomic E-state index is 0.0501. The molecule has 0 saturated heterocycles. The molecule has 35 heavy (non-hydrogen) atoms. The summed E-state index contributed by atoms with van der Waals surface area (Å²) in [7, 11) is -2.77. The first-order chi connectivity index (χ1) is 16.9. The number of benzene rings is 2. The number of nitrogens with one attached hydrogen (secondary N) is 3. The van der Waals surface area contributed by atoms with Crippen LogP contribution < -0.4 is 16.0 Å². The number of unbranched alkanes of at least 4 members (excludes halogenated alkanes) is 3. The molecule has 2 aromatic carbocycles. The van der Waals surface area contributed by atoms with Gasteiger partial charge < -0.3 is 16.0 Å². The molecule has 0 aliphatic carbocycles. The summed E-state index contributed by atoms with van der Waals surface area (Å²) >= 11 is 0. The van der Waals surface area contributed by atoms with Crippen LogP contribution in [0.3, 0.4) is 0 Å². The highest BCUT2D eigenvalue weighted by atomic mass is 32.2. The number of allylic oxidation sites excluding steroid dienone is 1. The van der Waals surface area contributed by atoms with Crippen molar-refractivity contribution in [2.75, 3.05) is 29.6 Å². The van der Waals surface area contributed by atoms with Crippen LogP contribution in [0.4, 0.5) is 29.2 Å². The van der Waals surface area contributed by atoms with Crippen molar-refractivity contribution >= 4 is 45.4 Å². The zero-order valence-electron chi connectivity index (χ0n) is 20.3. The van der Waals surface area contributed by atoms with Gasteiger partial charge in [-0.3, -0.25) is 4.18 Å². The van der Waals surface area contributed by atoms with Gasteiger partial charge >= 0.3 is 0 Å². The van der Waals surface area contributed by atoms with E-state index in [2.05, 4.69) is 37.8 Å². The zero-order chi connectivity index (χ0) is 25.1. The lowest BCUT2D eigenvalue weighted by Crippen LogP contribution is -2.11. The summed E-state index contributed by atoms with van der Waals surface area (Å²) in [6.07, 6.45) is 7.96. The van der Waals surface area contributed by atoms with E-state index in [4.69, 9.17) is 4.18 Å². The van der Waals surface area contributed by atoms with Crippen molar-refractivity contribution in [3.05, 3.63) is 60.2 Å². The number of para-hydroxylation sites is 1. The van der Waals surface area contributed by atoms with Crippen molar-refractivity contribution in [3.63, 3.8) is 0 Å². The van der Waals surface area contributed by atoms with E-state index in [9.17, 15) is 8.42 Å². The van der Waals surface area contributed by atoms with Crippen molar-refractivity contribution in [3.8, 4) is 0 Å². The molecule has 3 aromatic rings. The van der Waals surface area contributed by atoms with Gasteiger partial charge in [0.05, 0.1) is 7.11 Å². The van der Waals surface area contributed by atoms with Gasteiger partial charge in [0.1, 0.15) is 4.90 Å². The molecule has 1 aromatic heterocycles. The number of hydrogen-bond donors (Lipinski definition) is 3. The number of hydrogen-bond acceptors (Lipinski definition) is 9. The Hall–Kier alpha value is -3.50. The second-order valence-corrected chi connectivity index (χ2v) is 9.46. The van der Waals surface area contributed by atoms with Gasteiger partial charge in [-0.1, -0.05) is 62.6 Å². The van der Waals surface area contributed by atoms with Crippen LogP contribution in [-0.2, 0) is 14.3 Å². The standard InChI is InChI=1S/C25H32N6O3S/c1-4-6-7-11-17-26-23-29-24(27-20-13-9-8-10-14-20)31-25(30-23)28-21-16-15-19(12-5-2)22(18-21)35(32,33)34-3/h5,8-10,12-16,18H,4,6-7,11,17H2,1-3H3,(H3,26,27,28,29,30,31). The fourth-order valence-corrected chi connectivity index (χ4v) is 4.21. The lowest BCUT2D eigenvalue weighted by molar-refractivity contribution is 0.397. The molecule has 0 atom stereocenters. The topological polar surface area (TPSA) is 118 Å². The largest absolute Gasteiger partial charge is 0.354 e. The van der Waals surface area contributed by atoms with Gasteiger partial charge in [0.25, 0.3) is 10.1 Å². The summed E-state index contributed by atoms with van der Waals surface area (Å²) in [6, 6.07) is 14.5. The summed E-state index contributed by atoms with van der Waals surface area (Å²) in [5.41, 5.74) is 1.86. The normalized spacial score (nSPS) is 11.5. The van der Waals surface area contributed by atoms with Gasteiger partial charge in [-0.2, -0.15) is 23.4 Å². The molecule has 9 nitrogen and oxygen atoms in total. The molecular weight excluding hydrogens is 464 g/mol. The molecule has 3 rings (SSSR count). The summed E-state index contributed by atoms with van der Waals surface area (Å²) in [5.74, 6) is 1.06. The van der Waals surface area contributed by atoms with E-state index < -0.39 is 10.1 Å². The lowest BCUT2D eigenvalue weighted by atomic mass is 10.2. The Labute approximate surface area is 207 Å². The van der Waals surface area contributed by atoms with E-state index in [1.54, 1.807) is 24.3 Å². The quantitative estimate of drug-likeness (QED) is 0.202. The van der Waals surface area contributed by atoms with Crippen LogP contribution in [0, 0.1) is 0 Å². The maximum absolute atomic E-state index is 12.5. The van der Waals surface area contributed by atoms with Crippen molar-refractivity contribution in [2.45, 2.75) is 44.4 Å². The fourth-order valence-electron chi connectivity index (χ4n) is 3.33. The van der Waals surface area contributed by atoms with Crippen molar-refractivity contribution in [2.24, 2.45) is 0 Å². The predicted octanol–water partition coefficient (Wildman–Crippen LogP) is 5.72. The van der Waals surface area contributed by atoms with Crippen molar-refractivity contribution in [1.29, 1.82) is 0 Å². The second kappa shape index (κ2) is 12.8. The molecule has 0 spiro atoms. The van der Waals surface area contributed by atoms with E-state index in [1.165, 1.54) is 18.9 Å². The predicted molar refractivity (Wildman–Crippen MR) is 141 cm³/mol. The zero-order valence-corrected chi connectivity index (χ0v) is 21.1. The van der Waals surface area contributed by atoms with E-state index in [1.807, 2.05) is 37.3 Å². The number of nitrogens with zero attached hydrogens (tertiary/aromatic N) is 3. The van der Waals surface area contributed by atoms with E-state index in [0.717, 1.165) is 32.2 Å². The summed E-state index contributed by atoms with van der Waals surface area (Å²) < 4.78 is 29.7. The van der Waals surface area contributed by atoms with Gasteiger partial charge in [0.15, 0.2) is 0 Å². The van der Waals surface area contributed by atoms with E-state index >= 15 is 0 Å². The Balaban J connectivity index is 1.90. The third kappa shape index (κ3) is 7.76. The molecule has 3 N–H and O–H groups in total. The van der Waals surface area contributed by atoms with Gasteiger partial charge in [-0.25, -0.2) is 0 Å². The second-order valence-electron chi connectivity index (χ2n) is 7.78. The van der Waals surface area contributed by atoms with Crippen LogP contribution in [0.1, 0.15) is 45.1 Å². The first kappa shape index (κ1) is 26.1. The molecule has 0 radical (unpaired) electrons. The number of aromatic nitrogens is 3. The summed E-state index contributed by atoms with van der Waals surface area (Å²) in [4.78, 5) is 13.5. The van der Waals surface area contributed by atoms with Crippen molar-refractivity contribution < 1.29 is 12.6 Å². The molecule has 186 valence electrons. The maximum atomic E-state index is 12.5. The Morgan fingerprint density at radius 2 is 1.57 bits per heavy atom. The average Bonchev–Trinajstić information content (AvgIpc) is 2.85. The minimum Gasteiger partial charge on any atom is -0.354 e. The summed E-state index contributed by atoms with van der Waals surface area (Å²) in [6.45, 7) is 4.73. The molecule has 10 heteroatoms. The number of rotatable bonds is 13. The van der Waals surface area contributed by atoms with Crippen LogP contribution in [0.15, 0.2) is 59.5 Å². The van der Waals surface area contributed by atoms with Gasteiger partial charge in [-0.05, 0) is 43.2 Å². The monoisotopic (exact) mass is 496 g/mol. The smallest absolute Gasteiger partial charge is 0.297 e. The van der Waals surface area contributed by atoms with Gasteiger partial charge in [-0.15, -0.1) is 0 Å². The van der Waals surface area contributed by atoms with Crippen LogP contribution in [0.25, 0.3) is 6.08 Å². The third-order valence-corrected chi connectivity index (χ3v) is 6.41. The Kier molecular flexibility index (Phi) is 9.56. The SMILES string of the molecule is CC=Cc1ccc(Nc2nc(NCCCCCC)nc(Nc3ccccc3)n2)cc1S(=O)(=O)OC. The highest BCUT2D eigenvalue weighted by Crippen LogP contribution is 2.26. The molecular formula is C25H32N6O3S. The number of anilines is 5. The van der Waals surface area contributed by atoms with Crippen LogP contribution in [0.5, 0.6) is 0 Å². The van der Waals surface area contributed by atoms with Gasteiger partial charge in [0.2, 0.25) is 17.8 Å².